The molecule has 2 amide bonds. The number of alkyl halides is 6. The van der Waals surface area contributed by atoms with Crippen molar-refractivity contribution in [3.8, 4) is 17.6 Å². The van der Waals surface area contributed by atoms with E-state index in [9.17, 15) is 41.5 Å². The Balaban J connectivity index is 1.29. The third kappa shape index (κ3) is 8.76. The molecule has 9 nitrogen and oxygen atoms in total. The van der Waals surface area contributed by atoms with Crippen molar-refractivity contribution in [2.75, 3.05) is 19.6 Å². The Kier molecular flexibility index (Phi) is 12.7. The average molecular weight is 847 g/mol. The highest BCUT2D eigenvalue weighted by atomic mass is 32.1. The highest BCUT2D eigenvalue weighted by molar-refractivity contribution is 7.10. The van der Waals surface area contributed by atoms with Crippen LogP contribution in [-0.2, 0) is 22.6 Å². The van der Waals surface area contributed by atoms with Gasteiger partial charge in [0.05, 0.1) is 35.0 Å². The number of aliphatic hydroxyl groups excluding tert-OH is 1. The summed E-state index contributed by atoms with van der Waals surface area (Å²) in [5, 5.41) is 22.1. The van der Waals surface area contributed by atoms with Gasteiger partial charge in [0, 0.05) is 54.7 Å². The fourth-order valence-corrected chi connectivity index (χ4v) is 9.56. The Hall–Kier alpha value is -4.78. The number of rotatable bonds is 13. The molecule has 2 aromatic heterocycles. The molecule has 1 unspecified atom stereocenters. The van der Waals surface area contributed by atoms with Gasteiger partial charge >= 0.3 is 12.4 Å². The van der Waals surface area contributed by atoms with Gasteiger partial charge in [0.1, 0.15) is 22.1 Å². The summed E-state index contributed by atoms with van der Waals surface area (Å²) in [6, 6.07) is 11.1. The van der Waals surface area contributed by atoms with Gasteiger partial charge in [-0.25, -0.2) is 0 Å². The van der Waals surface area contributed by atoms with Crippen molar-refractivity contribution < 1.29 is 50.5 Å². The maximum absolute atomic E-state index is 15.1. The number of thiophene rings is 1. The summed E-state index contributed by atoms with van der Waals surface area (Å²) >= 11 is 0.376. The summed E-state index contributed by atoms with van der Waals surface area (Å²) in [7, 11) is 0. The Morgan fingerprint density at radius 2 is 1.75 bits per heavy atom. The lowest BCUT2D eigenvalue weighted by molar-refractivity contribution is -0.160. The van der Waals surface area contributed by atoms with Crippen molar-refractivity contribution in [1.29, 1.82) is 5.26 Å². The zero-order chi connectivity index (χ0) is 42.8. The Morgan fingerprint density at radius 3 is 2.34 bits per heavy atom. The van der Waals surface area contributed by atoms with Gasteiger partial charge < -0.3 is 24.4 Å². The quantitative estimate of drug-likeness (QED) is 0.135. The smallest absolute Gasteiger partial charge is 0.425 e. The van der Waals surface area contributed by atoms with Crippen molar-refractivity contribution in [1.82, 2.24) is 14.8 Å². The maximum atomic E-state index is 15.1. The third-order valence-corrected chi connectivity index (χ3v) is 13.3. The fourth-order valence-electron chi connectivity index (χ4n) is 8.88. The predicted octanol–water partition coefficient (Wildman–Crippen LogP) is 10.3. The molecule has 3 fully saturated rings. The number of aliphatic hydroxyl groups is 1. The number of carbonyl (C=O) groups is 2. The van der Waals surface area contributed by atoms with E-state index >= 15 is 4.79 Å². The van der Waals surface area contributed by atoms with E-state index in [1.165, 1.54) is 4.90 Å². The molecule has 1 aromatic carbocycles. The number of allylic oxidation sites excluding steroid dienone is 1. The van der Waals surface area contributed by atoms with Crippen LogP contribution in [0.4, 0.5) is 26.3 Å². The normalized spacial score (nSPS) is 22.1. The monoisotopic (exact) mass is 846 g/mol. The van der Waals surface area contributed by atoms with E-state index in [4.69, 9.17) is 9.47 Å². The predicted molar refractivity (Wildman–Crippen MR) is 208 cm³/mol. The van der Waals surface area contributed by atoms with Crippen molar-refractivity contribution in [3.63, 3.8) is 0 Å². The lowest BCUT2D eigenvalue weighted by atomic mass is 9.65. The van der Waals surface area contributed by atoms with Gasteiger partial charge in [-0.1, -0.05) is 44.5 Å². The number of halogens is 6. The number of benzene rings is 1. The maximum Gasteiger partial charge on any atom is 0.425 e. The summed E-state index contributed by atoms with van der Waals surface area (Å²) in [6.07, 6.45) is -3.92. The topological polar surface area (TPSA) is 116 Å². The molecule has 1 N–H and O–H groups in total. The van der Waals surface area contributed by atoms with Crippen molar-refractivity contribution in [3.05, 3.63) is 88.1 Å². The van der Waals surface area contributed by atoms with Crippen molar-refractivity contribution >= 4 is 23.2 Å². The average Bonchev–Trinajstić information content (AvgIpc) is 3.67. The molecule has 1 saturated carbocycles. The molecule has 3 atom stereocenters. The number of carbonyl (C=O) groups excluding carboxylic acids is 2. The van der Waals surface area contributed by atoms with Gasteiger partial charge in [0.25, 0.3) is 11.8 Å². The molecule has 1 aliphatic carbocycles. The number of aromatic nitrogens is 1. The standard InChI is InChI=1S/C43H48F6N4O5S/c1-4-10-34-41(58-30-25-35(59-26-30)43(47,48)49,17-9-22-53(34)37(55)36-32(42(44,45)46)12-7-21-51-36)38(56)52-23-19-40(27-50,20-24-52)31-11-5-6-13-33(31)57-28(2)14-18-39(29(3)54)15-8-16-39/h5-7,11-13,21,25-26,28,34,54H,3-4,8-10,14-20,22-24H2,1-2H3/t28?,34-,41+/m1/s1. The number of hydrogen-bond acceptors (Lipinski definition) is 8. The lowest BCUT2D eigenvalue weighted by Crippen LogP contribution is -2.68. The van der Waals surface area contributed by atoms with E-state index < -0.39 is 57.4 Å². The minimum atomic E-state index is -4.92. The number of nitriles is 1. The summed E-state index contributed by atoms with van der Waals surface area (Å²) in [6.45, 7) is 7.49. The first-order chi connectivity index (χ1) is 27.9. The highest BCUT2D eigenvalue weighted by Gasteiger charge is 2.57. The molecular weight excluding hydrogens is 799 g/mol. The largest absolute Gasteiger partial charge is 0.512 e. The molecule has 59 heavy (non-hydrogen) atoms. The minimum Gasteiger partial charge on any atom is -0.512 e. The van der Waals surface area contributed by atoms with Crippen LogP contribution >= 0.6 is 11.3 Å². The molecule has 2 saturated heterocycles. The molecule has 0 bridgehead atoms. The summed E-state index contributed by atoms with van der Waals surface area (Å²) in [4.78, 5) is 34.7. The number of para-hydroxylation sites is 1. The molecule has 6 rings (SSSR count). The second-order valence-electron chi connectivity index (χ2n) is 16.0. The molecular formula is C43H48F6N4O5S. The van der Waals surface area contributed by atoms with Crippen molar-refractivity contribution in [2.24, 2.45) is 5.41 Å². The van der Waals surface area contributed by atoms with E-state index in [2.05, 4.69) is 17.6 Å². The Morgan fingerprint density at radius 1 is 1.03 bits per heavy atom. The second kappa shape index (κ2) is 17.1. The third-order valence-electron chi connectivity index (χ3n) is 12.3. The molecule has 0 spiro atoms. The van der Waals surface area contributed by atoms with Crippen LogP contribution in [0.3, 0.4) is 0 Å². The zero-order valence-corrected chi connectivity index (χ0v) is 33.8. The summed E-state index contributed by atoms with van der Waals surface area (Å²) < 4.78 is 96.5. The molecule has 4 heterocycles. The SMILES string of the molecule is C=C(O)C1(CCC(C)Oc2ccccc2C2(C#N)CCN(C(=O)[C@]3(Oc4csc(C(F)(F)F)c4)CCCN(C(=O)c4ncccc4C(F)(F)F)[C@@H]3CCC)CC2)CCC1. The van der Waals surface area contributed by atoms with Crippen LogP contribution in [-0.4, -0.2) is 69.1 Å². The Bertz CT molecular complexity index is 2050. The molecule has 16 heteroatoms. The van der Waals surface area contributed by atoms with Gasteiger partial charge in [0.15, 0.2) is 0 Å². The molecule has 318 valence electrons. The lowest BCUT2D eigenvalue weighted by Gasteiger charge is -2.51. The first-order valence-electron chi connectivity index (χ1n) is 19.9. The van der Waals surface area contributed by atoms with Crippen LogP contribution in [0.1, 0.15) is 111 Å². The number of pyridine rings is 1. The van der Waals surface area contributed by atoms with Crippen LogP contribution in [0.15, 0.2) is 66.4 Å². The zero-order valence-electron chi connectivity index (χ0n) is 33.0. The van der Waals surface area contributed by atoms with E-state index in [0.717, 1.165) is 53.9 Å². The first-order valence-corrected chi connectivity index (χ1v) is 20.8. The van der Waals surface area contributed by atoms with Crippen LogP contribution < -0.4 is 9.47 Å². The second-order valence-corrected chi connectivity index (χ2v) is 16.9. The Labute approximate surface area is 343 Å². The van der Waals surface area contributed by atoms with Gasteiger partial charge in [-0.15, -0.1) is 11.3 Å². The van der Waals surface area contributed by atoms with Crippen LogP contribution in [0.5, 0.6) is 11.5 Å². The fraction of sp³-hybridized carbons (Fsp3) is 0.535. The van der Waals surface area contributed by atoms with Crippen LogP contribution in [0.2, 0.25) is 0 Å². The molecule has 0 radical (unpaired) electrons. The number of hydrogen-bond donors (Lipinski definition) is 1. The number of nitrogens with zero attached hydrogens (tertiary/aromatic N) is 4. The number of piperidine rings is 2. The van der Waals surface area contributed by atoms with E-state index in [-0.39, 0.29) is 74.8 Å². The van der Waals surface area contributed by atoms with E-state index in [1.807, 2.05) is 13.0 Å². The summed E-state index contributed by atoms with van der Waals surface area (Å²) in [5.41, 5.74) is -4.84. The van der Waals surface area contributed by atoms with Gasteiger partial charge in [-0.3, -0.25) is 14.6 Å². The minimum absolute atomic E-state index is 0.0330. The van der Waals surface area contributed by atoms with Crippen molar-refractivity contribution in [2.45, 2.75) is 120 Å². The van der Waals surface area contributed by atoms with Gasteiger partial charge in [0.2, 0.25) is 5.60 Å². The highest BCUT2D eigenvalue weighted by Crippen LogP contribution is 2.50. The van der Waals surface area contributed by atoms with E-state index in [0.29, 0.717) is 41.9 Å². The number of likely N-dealkylation sites (tertiary alicyclic amines) is 2. The molecule has 2 aliphatic heterocycles. The van der Waals surface area contributed by atoms with E-state index in [1.54, 1.807) is 25.1 Å². The molecule has 3 aromatic rings. The first kappa shape index (κ1) is 43.8. The van der Waals surface area contributed by atoms with Crippen LogP contribution in [0.25, 0.3) is 0 Å². The van der Waals surface area contributed by atoms with Crippen LogP contribution in [0, 0.1) is 16.7 Å². The molecule has 3 aliphatic rings. The number of ether oxygens (including phenoxy) is 2. The van der Waals surface area contributed by atoms with Gasteiger partial charge in [-0.2, -0.15) is 31.6 Å². The number of amides is 2. The van der Waals surface area contributed by atoms with Gasteiger partial charge in [-0.05, 0) is 76.5 Å². The summed E-state index contributed by atoms with van der Waals surface area (Å²) in [5.74, 6) is -1.26.